The van der Waals surface area contributed by atoms with E-state index in [2.05, 4.69) is 4.90 Å². The second-order valence-corrected chi connectivity index (χ2v) is 8.69. The fraction of sp³-hybridized carbons (Fsp3) is 0.440. The summed E-state index contributed by atoms with van der Waals surface area (Å²) in [7, 11) is 1.35. The third-order valence-electron chi connectivity index (χ3n) is 4.95. The molecule has 0 N–H and O–H groups in total. The summed E-state index contributed by atoms with van der Waals surface area (Å²) in [5.41, 5.74) is 1.01. The Bertz CT molecular complexity index is 919. The minimum Gasteiger partial charge on any atom is -0.465 e. The lowest BCUT2D eigenvalue weighted by molar-refractivity contribution is -0.155. The van der Waals surface area contributed by atoms with E-state index in [1.165, 1.54) is 7.11 Å². The van der Waals surface area contributed by atoms with E-state index in [0.717, 1.165) is 12.1 Å². The van der Waals surface area contributed by atoms with Gasteiger partial charge >= 0.3 is 11.9 Å². The van der Waals surface area contributed by atoms with Gasteiger partial charge in [-0.2, -0.15) is 0 Å². The Balaban J connectivity index is 1.55. The van der Waals surface area contributed by atoms with Crippen LogP contribution in [0.2, 0.25) is 0 Å². The van der Waals surface area contributed by atoms with Gasteiger partial charge < -0.3 is 18.9 Å². The van der Waals surface area contributed by atoms with Crippen LogP contribution in [-0.4, -0.2) is 55.8 Å². The maximum Gasteiger partial charge on any atom is 0.337 e. The molecule has 1 aliphatic heterocycles. The first-order chi connectivity index (χ1) is 15.2. The van der Waals surface area contributed by atoms with E-state index in [9.17, 15) is 9.59 Å². The number of rotatable bonds is 7. The summed E-state index contributed by atoms with van der Waals surface area (Å²) in [5, 5.41) is 0. The summed E-state index contributed by atoms with van der Waals surface area (Å²) >= 11 is 0. The number of benzene rings is 2. The number of carbonyl (C=O) groups excluding carboxylic acids is 2. The van der Waals surface area contributed by atoms with Gasteiger partial charge in [0.05, 0.1) is 31.8 Å². The highest BCUT2D eigenvalue weighted by atomic mass is 16.6. The summed E-state index contributed by atoms with van der Waals surface area (Å²) in [5.74, 6) is 0.631. The molecule has 1 aliphatic rings. The van der Waals surface area contributed by atoms with Gasteiger partial charge in [0.2, 0.25) is 0 Å². The van der Waals surface area contributed by atoms with Crippen LogP contribution in [0.25, 0.3) is 0 Å². The Hall–Kier alpha value is -2.90. The SMILES string of the molecule is COC(=O)c1cccc(Oc2ccc(C3CN(CCC(=O)OC(C)(C)C)CCO3)cc2)c1. The molecule has 1 unspecified atom stereocenters. The molecule has 0 spiro atoms. The maximum absolute atomic E-state index is 12.0. The van der Waals surface area contributed by atoms with Gasteiger partial charge in [0.25, 0.3) is 0 Å². The molecule has 7 nitrogen and oxygen atoms in total. The van der Waals surface area contributed by atoms with E-state index in [-0.39, 0.29) is 12.1 Å². The maximum atomic E-state index is 12.0. The number of morpholine rings is 1. The number of nitrogens with zero attached hydrogens (tertiary/aromatic N) is 1. The van der Waals surface area contributed by atoms with Gasteiger partial charge in [0.15, 0.2) is 0 Å². The van der Waals surface area contributed by atoms with Crippen LogP contribution < -0.4 is 4.74 Å². The van der Waals surface area contributed by atoms with Crippen molar-refractivity contribution in [3.05, 3.63) is 59.7 Å². The van der Waals surface area contributed by atoms with Crippen LogP contribution in [0.3, 0.4) is 0 Å². The van der Waals surface area contributed by atoms with Gasteiger partial charge in [-0.3, -0.25) is 9.69 Å². The van der Waals surface area contributed by atoms with E-state index in [1.807, 2.05) is 45.0 Å². The molecule has 2 aromatic rings. The zero-order valence-corrected chi connectivity index (χ0v) is 19.1. The van der Waals surface area contributed by atoms with E-state index < -0.39 is 11.6 Å². The predicted octanol–water partition coefficient (Wildman–Crippen LogP) is 4.37. The number of esters is 2. The first-order valence-electron chi connectivity index (χ1n) is 10.8. The standard InChI is InChI=1S/C25H31NO6/c1-25(2,3)32-23(27)12-13-26-14-15-30-22(17-26)18-8-10-20(11-9-18)31-21-7-5-6-19(16-21)24(28)29-4/h5-11,16,22H,12-15,17H2,1-4H3. The molecule has 0 saturated carbocycles. The van der Waals surface area contributed by atoms with Crippen LogP contribution >= 0.6 is 0 Å². The molecule has 1 atom stereocenters. The van der Waals surface area contributed by atoms with Crippen molar-refractivity contribution in [1.82, 2.24) is 4.90 Å². The third kappa shape index (κ3) is 7.07. The fourth-order valence-corrected chi connectivity index (χ4v) is 3.44. The molecule has 3 rings (SSSR count). The minimum atomic E-state index is -0.463. The monoisotopic (exact) mass is 441 g/mol. The topological polar surface area (TPSA) is 74.3 Å². The summed E-state index contributed by atoms with van der Waals surface area (Å²) in [6, 6.07) is 14.6. The largest absolute Gasteiger partial charge is 0.465 e. The number of hydrogen-bond acceptors (Lipinski definition) is 7. The number of methoxy groups -OCH3 is 1. The van der Waals surface area contributed by atoms with Crippen molar-refractivity contribution in [3.63, 3.8) is 0 Å². The molecule has 2 aromatic carbocycles. The Morgan fingerprint density at radius 3 is 2.53 bits per heavy atom. The first kappa shape index (κ1) is 23.8. The number of carbonyl (C=O) groups is 2. The third-order valence-corrected chi connectivity index (χ3v) is 4.95. The van der Waals surface area contributed by atoms with Crippen LogP contribution in [0.5, 0.6) is 11.5 Å². The molecular weight excluding hydrogens is 410 g/mol. The lowest BCUT2D eigenvalue weighted by Crippen LogP contribution is -2.39. The van der Waals surface area contributed by atoms with Crippen molar-refractivity contribution >= 4 is 11.9 Å². The molecule has 172 valence electrons. The molecule has 1 fully saturated rings. The highest BCUT2D eigenvalue weighted by molar-refractivity contribution is 5.89. The summed E-state index contributed by atoms with van der Waals surface area (Å²) in [6.45, 7) is 8.38. The van der Waals surface area contributed by atoms with Gasteiger partial charge in [0.1, 0.15) is 17.1 Å². The van der Waals surface area contributed by atoms with Crippen molar-refractivity contribution in [2.45, 2.75) is 38.9 Å². The molecule has 32 heavy (non-hydrogen) atoms. The smallest absolute Gasteiger partial charge is 0.337 e. The van der Waals surface area contributed by atoms with Gasteiger partial charge in [-0.1, -0.05) is 18.2 Å². The molecule has 1 heterocycles. The van der Waals surface area contributed by atoms with Gasteiger partial charge in [-0.05, 0) is 56.7 Å². The second kappa shape index (κ2) is 10.6. The Morgan fingerprint density at radius 2 is 1.84 bits per heavy atom. The Morgan fingerprint density at radius 1 is 1.09 bits per heavy atom. The van der Waals surface area contributed by atoms with Gasteiger partial charge in [-0.15, -0.1) is 0 Å². The molecule has 0 aliphatic carbocycles. The van der Waals surface area contributed by atoms with E-state index in [0.29, 0.717) is 43.2 Å². The van der Waals surface area contributed by atoms with E-state index >= 15 is 0 Å². The lowest BCUT2D eigenvalue weighted by atomic mass is 10.1. The summed E-state index contributed by atoms with van der Waals surface area (Å²) in [6.07, 6.45) is 0.292. The molecule has 0 aromatic heterocycles. The Kier molecular flexibility index (Phi) is 7.88. The van der Waals surface area contributed by atoms with Crippen molar-refractivity contribution in [1.29, 1.82) is 0 Å². The molecule has 7 heteroatoms. The molecule has 0 bridgehead atoms. The van der Waals surface area contributed by atoms with E-state index in [1.54, 1.807) is 24.3 Å². The van der Waals surface area contributed by atoms with Crippen molar-refractivity contribution in [3.8, 4) is 11.5 Å². The quantitative estimate of drug-likeness (QED) is 0.591. The first-order valence-corrected chi connectivity index (χ1v) is 10.8. The molecule has 0 amide bonds. The molecular formula is C25H31NO6. The van der Waals surface area contributed by atoms with Crippen molar-refractivity contribution in [2.75, 3.05) is 33.4 Å². The van der Waals surface area contributed by atoms with Gasteiger partial charge in [-0.25, -0.2) is 4.79 Å². The Labute approximate surface area is 189 Å². The minimum absolute atomic E-state index is 0.0703. The van der Waals surface area contributed by atoms with Crippen LogP contribution in [0.4, 0.5) is 0 Å². The second-order valence-electron chi connectivity index (χ2n) is 8.69. The van der Waals surface area contributed by atoms with Crippen LogP contribution in [-0.2, 0) is 19.0 Å². The van der Waals surface area contributed by atoms with Crippen molar-refractivity contribution < 1.29 is 28.5 Å². The summed E-state index contributed by atoms with van der Waals surface area (Å²) in [4.78, 5) is 25.9. The van der Waals surface area contributed by atoms with Crippen LogP contribution in [0, 0.1) is 0 Å². The molecule has 0 radical (unpaired) electrons. The predicted molar refractivity (Wildman–Crippen MR) is 120 cm³/mol. The average molecular weight is 442 g/mol. The fourth-order valence-electron chi connectivity index (χ4n) is 3.44. The highest BCUT2D eigenvalue weighted by Gasteiger charge is 2.23. The number of hydrogen-bond donors (Lipinski definition) is 0. The zero-order chi connectivity index (χ0) is 23.1. The average Bonchev–Trinajstić information content (AvgIpc) is 2.77. The van der Waals surface area contributed by atoms with Crippen LogP contribution in [0.15, 0.2) is 48.5 Å². The highest BCUT2D eigenvalue weighted by Crippen LogP contribution is 2.27. The van der Waals surface area contributed by atoms with Gasteiger partial charge in [0, 0.05) is 19.6 Å². The molecule has 1 saturated heterocycles. The summed E-state index contributed by atoms with van der Waals surface area (Å²) < 4.78 is 22.0. The zero-order valence-electron chi connectivity index (χ0n) is 19.1. The van der Waals surface area contributed by atoms with E-state index in [4.69, 9.17) is 18.9 Å². The van der Waals surface area contributed by atoms with Crippen molar-refractivity contribution in [2.24, 2.45) is 0 Å². The van der Waals surface area contributed by atoms with Crippen LogP contribution in [0.1, 0.15) is 49.2 Å². The normalized spacial score (nSPS) is 16.9. The number of ether oxygens (including phenoxy) is 4. The lowest BCUT2D eigenvalue weighted by Gasteiger charge is -2.33.